The van der Waals surface area contributed by atoms with E-state index >= 15 is 0 Å². The summed E-state index contributed by atoms with van der Waals surface area (Å²) in [5, 5.41) is 1.03. The van der Waals surface area contributed by atoms with Gasteiger partial charge in [-0.15, -0.1) is 0 Å². The average molecular weight is 458 g/mol. The van der Waals surface area contributed by atoms with Gasteiger partial charge in [-0.25, -0.2) is 9.97 Å². The van der Waals surface area contributed by atoms with Crippen LogP contribution >= 0.6 is 0 Å². The van der Waals surface area contributed by atoms with E-state index in [1.165, 1.54) is 17.8 Å². The van der Waals surface area contributed by atoms with Crippen LogP contribution in [-0.2, 0) is 6.54 Å². The molecule has 0 unspecified atom stereocenters. The van der Waals surface area contributed by atoms with E-state index in [0.717, 1.165) is 36.1 Å². The van der Waals surface area contributed by atoms with Gasteiger partial charge in [0, 0.05) is 42.3 Å². The van der Waals surface area contributed by atoms with Crippen molar-refractivity contribution >= 4 is 28.0 Å². The Morgan fingerprint density at radius 1 is 1.29 bits per heavy atom. The minimum atomic E-state index is -0.0408. The first-order valence-corrected chi connectivity index (χ1v) is 12.1. The molecular weight excluding hydrogens is 428 g/mol. The number of rotatable bonds is 5. The highest BCUT2D eigenvalue weighted by Crippen LogP contribution is 2.39. The van der Waals surface area contributed by atoms with Crippen LogP contribution < -0.4 is 10.5 Å². The van der Waals surface area contributed by atoms with E-state index in [0.29, 0.717) is 46.6 Å². The summed E-state index contributed by atoms with van der Waals surface area (Å²) in [5.74, 6) is 1.97. The molecule has 1 saturated heterocycles. The molecule has 8 heteroatoms. The first-order chi connectivity index (χ1) is 17.0. The predicted molar refractivity (Wildman–Crippen MR) is 130 cm³/mol. The van der Waals surface area contributed by atoms with Crippen molar-refractivity contribution in [1.29, 1.82) is 0 Å². The van der Waals surface area contributed by atoms with E-state index in [1.807, 2.05) is 17.0 Å². The molecule has 2 aliphatic carbocycles. The van der Waals surface area contributed by atoms with Crippen LogP contribution in [0.2, 0.25) is 1.41 Å². The number of aromatic amines is 1. The van der Waals surface area contributed by atoms with Crippen LogP contribution in [-0.4, -0.2) is 56.1 Å². The van der Waals surface area contributed by atoms with E-state index in [1.54, 1.807) is 25.4 Å². The van der Waals surface area contributed by atoms with Gasteiger partial charge >= 0.3 is 0 Å². The van der Waals surface area contributed by atoms with Crippen LogP contribution in [0.5, 0.6) is 5.75 Å². The third kappa shape index (κ3) is 2.98. The van der Waals surface area contributed by atoms with Crippen molar-refractivity contribution in [2.24, 2.45) is 17.6 Å². The van der Waals surface area contributed by atoms with Crippen molar-refractivity contribution in [3.8, 4) is 17.3 Å². The normalized spacial score (nSPS) is 24.4. The molecule has 1 aliphatic heterocycles. The van der Waals surface area contributed by atoms with Gasteiger partial charge in [0.25, 0.3) is 5.91 Å². The molecule has 2 bridgehead atoms. The molecule has 1 aromatic carbocycles. The Labute approximate surface area is 198 Å². The topological polar surface area (TPSA) is 102 Å². The summed E-state index contributed by atoms with van der Waals surface area (Å²) in [6.45, 7) is 1.56. The number of piperidine rings is 1. The highest BCUT2D eigenvalue weighted by Gasteiger charge is 2.47. The maximum Gasteiger partial charge on any atom is 0.254 e. The third-order valence-corrected chi connectivity index (χ3v) is 7.90. The Kier molecular flexibility index (Phi) is 4.08. The van der Waals surface area contributed by atoms with E-state index in [2.05, 4.69) is 15.6 Å². The summed E-state index contributed by atoms with van der Waals surface area (Å²) in [7, 11) is 1.57. The molecule has 1 amide bonds. The zero-order valence-electron chi connectivity index (χ0n) is 20.1. The number of amides is 1. The molecule has 2 saturated carbocycles. The number of nitrogens with one attached hydrogen (secondary N) is 1. The number of hydrogen-bond donors (Lipinski definition) is 2. The van der Waals surface area contributed by atoms with Crippen LogP contribution in [0.4, 0.5) is 0 Å². The second-order valence-corrected chi connectivity index (χ2v) is 10.0. The summed E-state index contributed by atoms with van der Waals surface area (Å²) < 4.78 is 16.8. The molecule has 3 fully saturated rings. The number of carbonyl (C=O) groups is 1. The molecule has 3 aliphatic rings. The first-order valence-electron chi connectivity index (χ1n) is 12.6. The van der Waals surface area contributed by atoms with Gasteiger partial charge in [-0.3, -0.25) is 4.79 Å². The number of H-pyrrole nitrogens is 1. The minimum absolute atomic E-state index is 0.0408. The fourth-order valence-electron chi connectivity index (χ4n) is 5.89. The molecule has 7 rings (SSSR count). The molecule has 0 spiro atoms. The summed E-state index contributed by atoms with van der Waals surface area (Å²) in [5.41, 5.74) is 9.76. The lowest BCUT2D eigenvalue weighted by molar-refractivity contribution is 0.0700. The number of imidazole rings is 1. The van der Waals surface area contributed by atoms with E-state index in [9.17, 15) is 4.79 Å². The lowest BCUT2D eigenvalue weighted by atomic mass is 10.1. The second-order valence-electron chi connectivity index (χ2n) is 10.0. The number of aromatic nitrogens is 4. The van der Waals surface area contributed by atoms with Crippen molar-refractivity contribution < 1.29 is 10.9 Å². The number of likely N-dealkylation sites (tertiary alicyclic amines) is 1. The molecule has 3 atom stereocenters. The van der Waals surface area contributed by atoms with Crippen LogP contribution in [0.25, 0.3) is 33.6 Å². The van der Waals surface area contributed by atoms with Crippen molar-refractivity contribution in [2.75, 3.05) is 13.7 Å². The quantitative estimate of drug-likeness (QED) is 0.477. The molecule has 4 aromatic rings. The second kappa shape index (κ2) is 7.30. The SMILES string of the molecule is [2H]n1c(-c2cc3cccnc3n2CC2CC2)nc2cc(C(=O)N3C[C@H]4CC[C@@H]3[C@@H]4N)cc(OC)c21. The van der Waals surface area contributed by atoms with Gasteiger partial charge < -0.3 is 24.9 Å². The Hall–Kier alpha value is -3.39. The van der Waals surface area contributed by atoms with Crippen molar-refractivity contribution in [3.63, 3.8) is 0 Å². The average Bonchev–Trinajstić information content (AvgIpc) is 3.27. The van der Waals surface area contributed by atoms with Crippen LogP contribution in [0, 0.1) is 11.8 Å². The number of nitrogens with two attached hydrogens (primary N) is 1. The summed E-state index contributed by atoms with van der Waals surface area (Å²) in [6.07, 6.45) is 6.28. The Balaban J connectivity index is 1.35. The fourth-order valence-corrected chi connectivity index (χ4v) is 5.89. The first kappa shape index (κ1) is 19.0. The number of fused-ring (bicyclic) bond motifs is 4. The lowest BCUT2D eigenvalue weighted by Crippen LogP contribution is -2.41. The highest BCUT2D eigenvalue weighted by molar-refractivity contribution is 6.00. The van der Waals surface area contributed by atoms with Gasteiger partial charge in [-0.2, -0.15) is 0 Å². The largest absolute Gasteiger partial charge is 0.494 e. The van der Waals surface area contributed by atoms with Gasteiger partial charge in [0.1, 0.15) is 16.9 Å². The van der Waals surface area contributed by atoms with Gasteiger partial charge in [0.05, 0.1) is 18.3 Å². The zero-order chi connectivity index (χ0) is 23.8. The molecular formula is C26H28N6O2. The van der Waals surface area contributed by atoms with E-state index in [4.69, 9.17) is 16.9 Å². The number of nitrogens with zero attached hydrogens (tertiary/aromatic N) is 4. The molecule has 3 N–H and O–H groups in total. The predicted octanol–water partition coefficient (Wildman–Crippen LogP) is 3.56. The third-order valence-electron chi connectivity index (χ3n) is 7.90. The number of ether oxygens (including phenoxy) is 1. The molecule has 0 radical (unpaired) electrons. The van der Waals surface area contributed by atoms with E-state index < -0.39 is 0 Å². The molecule has 34 heavy (non-hydrogen) atoms. The zero-order valence-corrected chi connectivity index (χ0v) is 19.1. The Morgan fingerprint density at radius 2 is 2.18 bits per heavy atom. The lowest BCUT2D eigenvalue weighted by Gasteiger charge is -2.27. The van der Waals surface area contributed by atoms with Crippen LogP contribution in [0.15, 0.2) is 36.5 Å². The summed E-state index contributed by atoms with van der Waals surface area (Å²) >= 11 is 0. The van der Waals surface area contributed by atoms with Crippen LogP contribution in [0.1, 0.15) is 36.0 Å². The Bertz CT molecular complexity index is 1490. The summed E-state index contributed by atoms with van der Waals surface area (Å²) in [6, 6.07) is 9.71. The van der Waals surface area contributed by atoms with Gasteiger partial charge in [-0.1, -0.05) is 0 Å². The number of carbonyl (C=O) groups excluding carboxylic acids is 1. The molecule has 174 valence electrons. The van der Waals surface area contributed by atoms with Crippen molar-refractivity contribution in [2.45, 2.75) is 44.3 Å². The number of methoxy groups -OCH3 is 1. The van der Waals surface area contributed by atoms with Crippen molar-refractivity contribution in [3.05, 3.63) is 42.1 Å². The van der Waals surface area contributed by atoms with Crippen LogP contribution in [0.3, 0.4) is 0 Å². The smallest absolute Gasteiger partial charge is 0.254 e. The fraction of sp³-hybridized carbons (Fsp3) is 0.423. The maximum atomic E-state index is 13.5. The highest BCUT2D eigenvalue weighted by atomic mass is 16.5. The maximum absolute atomic E-state index is 13.5. The molecule has 3 aromatic heterocycles. The minimum Gasteiger partial charge on any atom is -0.494 e. The number of benzene rings is 1. The van der Waals surface area contributed by atoms with Gasteiger partial charge in [0.2, 0.25) is 0 Å². The van der Waals surface area contributed by atoms with Gasteiger partial charge in [-0.05, 0) is 67.9 Å². The van der Waals surface area contributed by atoms with E-state index in [-0.39, 0.29) is 18.0 Å². The summed E-state index contributed by atoms with van der Waals surface area (Å²) in [4.78, 5) is 26.2. The molecule has 8 nitrogen and oxygen atoms in total. The van der Waals surface area contributed by atoms with Crippen molar-refractivity contribution in [1.82, 2.24) is 24.4 Å². The Morgan fingerprint density at radius 3 is 2.91 bits per heavy atom. The number of pyridine rings is 1. The standard InChI is InChI=1S/C26H28N6O2/c1-34-21-11-17(26(33)32-13-16-6-7-19(32)22(16)27)9-18-23(21)30-24(29-18)20-10-15-3-2-8-28-25(15)31(20)12-14-4-5-14/h2-3,8-11,14,16,19,22H,4-7,12-13,27H2,1H3,(H,29,30)/t16-,19-,22-/m1/s1/i/hD. The molecule has 4 heterocycles. The monoisotopic (exact) mass is 457 g/mol. The number of hydrogen-bond acceptors (Lipinski definition) is 5. The van der Waals surface area contributed by atoms with Gasteiger partial charge in [0.15, 0.2) is 7.24 Å².